The molecule has 0 saturated carbocycles. The molecule has 1 N–H and O–H groups in total. The topological polar surface area (TPSA) is 57.2 Å². The average Bonchev–Trinajstić information content (AvgIpc) is 2.62. The summed E-state index contributed by atoms with van der Waals surface area (Å²) < 4.78 is 0. The molecule has 4 heterocycles. The lowest BCUT2D eigenvalue weighted by Gasteiger charge is -2.35. The van der Waals surface area contributed by atoms with Crippen LogP contribution in [-0.2, 0) is 13.0 Å². The van der Waals surface area contributed by atoms with Crippen LogP contribution in [0.15, 0.2) is 24.5 Å². The van der Waals surface area contributed by atoms with Gasteiger partial charge in [0.15, 0.2) is 5.82 Å². The molecule has 0 atom stereocenters. The molecule has 0 amide bonds. The Morgan fingerprint density at radius 3 is 2.78 bits per heavy atom. The first kappa shape index (κ1) is 14.5. The van der Waals surface area contributed by atoms with Crippen LogP contribution < -0.4 is 10.2 Å². The molecule has 2 aliphatic rings. The summed E-state index contributed by atoms with van der Waals surface area (Å²) in [5, 5.41) is 3.46. The molecule has 0 spiro atoms. The van der Waals surface area contributed by atoms with E-state index < -0.39 is 0 Å². The molecular weight excluding hydrogens is 288 g/mol. The summed E-state index contributed by atoms with van der Waals surface area (Å²) in [6.07, 6.45) is 4.59. The Morgan fingerprint density at radius 1 is 1.13 bits per heavy atom. The quantitative estimate of drug-likeness (QED) is 0.891. The Hall–Kier alpha value is -2.05. The average molecular weight is 310 g/mol. The third-order valence-corrected chi connectivity index (χ3v) is 4.63. The normalized spacial score (nSPS) is 18.7. The summed E-state index contributed by atoms with van der Waals surface area (Å²) in [6, 6.07) is 3.97. The summed E-state index contributed by atoms with van der Waals surface area (Å²) >= 11 is 0. The van der Waals surface area contributed by atoms with Crippen molar-refractivity contribution in [1.29, 1.82) is 0 Å². The molecule has 2 aromatic heterocycles. The van der Waals surface area contributed by atoms with E-state index in [-0.39, 0.29) is 0 Å². The standard InChI is InChI=1S/C17H22N6/c1-22-7-9-23(10-8-22)17-14-12-19-6-4-15(14)20-16(21-17)13-3-2-5-18-11-13/h2-3,5,11,19H,4,6-10,12H2,1H3. The van der Waals surface area contributed by atoms with Crippen molar-refractivity contribution in [2.45, 2.75) is 13.0 Å². The molecular formula is C17H22N6. The van der Waals surface area contributed by atoms with Crippen molar-refractivity contribution in [3.05, 3.63) is 35.8 Å². The van der Waals surface area contributed by atoms with Gasteiger partial charge < -0.3 is 15.1 Å². The van der Waals surface area contributed by atoms with E-state index in [0.717, 1.165) is 62.9 Å². The molecule has 120 valence electrons. The molecule has 6 nitrogen and oxygen atoms in total. The minimum absolute atomic E-state index is 0.799. The number of aromatic nitrogens is 3. The highest BCUT2D eigenvalue weighted by molar-refractivity contribution is 5.60. The lowest BCUT2D eigenvalue weighted by molar-refractivity contribution is 0.311. The fourth-order valence-electron chi connectivity index (χ4n) is 3.23. The number of pyridine rings is 1. The first-order valence-corrected chi connectivity index (χ1v) is 8.25. The molecule has 1 fully saturated rings. The van der Waals surface area contributed by atoms with Crippen molar-refractivity contribution in [3.8, 4) is 11.4 Å². The van der Waals surface area contributed by atoms with Crippen LogP contribution in [0.1, 0.15) is 11.3 Å². The first-order chi connectivity index (χ1) is 11.3. The second-order valence-corrected chi connectivity index (χ2v) is 6.25. The summed E-state index contributed by atoms with van der Waals surface area (Å²) in [5.74, 6) is 1.90. The van der Waals surface area contributed by atoms with E-state index in [1.807, 2.05) is 18.3 Å². The van der Waals surface area contributed by atoms with Gasteiger partial charge in [-0.2, -0.15) is 0 Å². The van der Waals surface area contributed by atoms with Gasteiger partial charge >= 0.3 is 0 Å². The number of piperazine rings is 1. The van der Waals surface area contributed by atoms with Gasteiger partial charge in [-0.1, -0.05) is 0 Å². The summed E-state index contributed by atoms with van der Waals surface area (Å²) in [6.45, 7) is 6.05. The molecule has 0 aliphatic carbocycles. The lowest BCUT2D eigenvalue weighted by Crippen LogP contribution is -2.45. The number of nitrogens with one attached hydrogen (secondary N) is 1. The maximum absolute atomic E-state index is 4.92. The van der Waals surface area contributed by atoms with Crippen LogP contribution in [0.3, 0.4) is 0 Å². The Morgan fingerprint density at radius 2 is 2.00 bits per heavy atom. The monoisotopic (exact) mass is 310 g/mol. The van der Waals surface area contributed by atoms with Crippen LogP contribution in [0.2, 0.25) is 0 Å². The van der Waals surface area contributed by atoms with E-state index >= 15 is 0 Å². The zero-order valence-electron chi connectivity index (χ0n) is 13.5. The van der Waals surface area contributed by atoms with Crippen LogP contribution in [-0.4, -0.2) is 59.6 Å². The van der Waals surface area contributed by atoms with E-state index in [0.29, 0.717) is 0 Å². The summed E-state index contributed by atoms with van der Waals surface area (Å²) in [5.41, 5.74) is 3.45. The van der Waals surface area contributed by atoms with Gasteiger partial charge in [0.2, 0.25) is 0 Å². The molecule has 0 aromatic carbocycles. The van der Waals surface area contributed by atoms with Crippen LogP contribution in [0.4, 0.5) is 5.82 Å². The molecule has 23 heavy (non-hydrogen) atoms. The van der Waals surface area contributed by atoms with Gasteiger partial charge in [0, 0.05) is 69.2 Å². The van der Waals surface area contributed by atoms with Gasteiger partial charge in [0.1, 0.15) is 5.82 Å². The van der Waals surface area contributed by atoms with Gasteiger partial charge in [-0.3, -0.25) is 4.98 Å². The van der Waals surface area contributed by atoms with Crippen molar-refractivity contribution < 1.29 is 0 Å². The zero-order chi connectivity index (χ0) is 15.6. The number of nitrogens with zero attached hydrogens (tertiary/aromatic N) is 5. The summed E-state index contributed by atoms with van der Waals surface area (Å²) in [7, 11) is 2.18. The Labute approximate surface area is 136 Å². The maximum atomic E-state index is 4.92. The molecule has 1 saturated heterocycles. The lowest BCUT2D eigenvalue weighted by atomic mass is 10.1. The third-order valence-electron chi connectivity index (χ3n) is 4.63. The predicted molar refractivity (Wildman–Crippen MR) is 90.4 cm³/mol. The largest absolute Gasteiger partial charge is 0.354 e. The second-order valence-electron chi connectivity index (χ2n) is 6.25. The highest BCUT2D eigenvalue weighted by Crippen LogP contribution is 2.27. The Kier molecular flexibility index (Phi) is 3.93. The summed E-state index contributed by atoms with van der Waals surface area (Å²) in [4.78, 5) is 18.7. The SMILES string of the molecule is CN1CCN(c2nc(-c3cccnc3)nc3c2CNCC3)CC1. The Balaban J connectivity index is 1.77. The molecule has 2 aliphatic heterocycles. The van der Waals surface area contributed by atoms with Gasteiger partial charge in [-0.15, -0.1) is 0 Å². The van der Waals surface area contributed by atoms with Crippen molar-refractivity contribution >= 4 is 5.82 Å². The minimum Gasteiger partial charge on any atom is -0.354 e. The molecule has 0 unspecified atom stereocenters. The molecule has 0 bridgehead atoms. The smallest absolute Gasteiger partial charge is 0.163 e. The predicted octanol–water partition coefficient (Wildman–Crippen LogP) is 0.936. The van der Waals surface area contributed by atoms with Crippen molar-refractivity contribution in [2.75, 3.05) is 44.7 Å². The van der Waals surface area contributed by atoms with E-state index in [2.05, 4.69) is 27.1 Å². The zero-order valence-corrected chi connectivity index (χ0v) is 13.5. The van der Waals surface area contributed by atoms with Gasteiger partial charge in [0.05, 0.1) is 5.69 Å². The molecule has 2 aromatic rings. The molecule has 4 rings (SSSR count). The minimum atomic E-state index is 0.799. The van der Waals surface area contributed by atoms with E-state index in [4.69, 9.17) is 9.97 Å². The fourth-order valence-corrected chi connectivity index (χ4v) is 3.23. The van der Waals surface area contributed by atoms with Crippen molar-refractivity contribution in [3.63, 3.8) is 0 Å². The van der Waals surface area contributed by atoms with Gasteiger partial charge in [-0.05, 0) is 19.2 Å². The number of rotatable bonds is 2. The van der Waals surface area contributed by atoms with Crippen molar-refractivity contribution in [2.24, 2.45) is 0 Å². The highest BCUT2D eigenvalue weighted by atomic mass is 15.3. The number of likely N-dealkylation sites (N-methyl/N-ethyl adjacent to an activating group) is 1. The van der Waals surface area contributed by atoms with E-state index in [1.54, 1.807) is 6.20 Å². The highest BCUT2D eigenvalue weighted by Gasteiger charge is 2.24. The van der Waals surface area contributed by atoms with E-state index in [1.165, 1.54) is 11.3 Å². The number of fused-ring (bicyclic) bond motifs is 1. The fraction of sp³-hybridized carbons (Fsp3) is 0.471. The van der Waals surface area contributed by atoms with Gasteiger partial charge in [0.25, 0.3) is 0 Å². The number of anilines is 1. The van der Waals surface area contributed by atoms with Crippen molar-refractivity contribution in [1.82, 2.24) is 25.2 Å². The number of hydrogen-bond acceptors (Lipinski definition) is 6. The second kappa shape index (κ2) is 6.22. The first-order valence-electron chi connectivity index (χ1n) is 8.25. The van der Waals surface area contributed by atoms with E-state index in [9.17, 15) is 0 Å². The van der Waals surface area contributed by atoms with Crippen LogP contribution in [0.5, 0.6) is 0 Å². The van der Waals surface area contributed by atoms with Crippen LogP contribution in [0, 0.1) is 0 Å². The number of hydrogen-bond donors (Lipinski definition) is 1. The maximum Gasteiger partial charge on any atom is 0.163 e. The Bertz CT molecular complexity index is 679. The van der Waals surface area contributed by atoms with Gasteiger partial charge in [-0.25, -0.2) is 9.97 Å². The van der Waals surface area contributed by atoms with Crippen LogP contribution >= 0.6 is 0 Å². The van der Waals surface area contributed by atoms with Crippen LogP contribution in [0.25, 0.3) is 11.4 Å². The molecule has 0 radical (unpaired) electrons. The molecule has 6 heteroatoms. The third kappa shape index (κ3) is 2.92.